The van der Waals surface area contributed by atoms with Gasteiger partial charge in [0.15, 0.2) is 0 Å². The van der Waals surface area contributed by atoms with E-state index in [9.17, 15) is 0 Å². The van der Waals surface area contributed by atoms with Crippen molar-refractivity contribution in [3.63, 3.8) is 0 Å². The molecule has 1 unspecified atom stereocenters. The molecule has 1 aromatic heterocycles. The molecule has 0 bridgehead atoms. The Morgan fingerprint density at radius 1 is 1.17 bits per heavy atom. The Hall–Kier alpha value is -0.480. The van der Waals surface area contributed by atoms with Gasteiger partial charge in [0.2, 0.25) is 0 Å². The molecule has 0 aliphatic rings. The molecule has 1 aromatic rings. The average Bonchev–Trinajstić information content (AvgIpc) is 2.63. The summed E-state index contributed by atoms with van der Waals surface area (Å²) in [5.74, 6) is 0.964. The topological polar surface area (TPSA) is 37.8 Å². The van der Waals surface area contributed by atoms with Crippen molar-refractivity contribution < 1.29 is 0 Å². The molecular weight excluding hydrogens is 242 g/mol. The second-order valence-corrected chi connectivity index (χ2v) is 7.78. The third kappa shape index (κ3) is 4.32. The van der Waals surface area contributed by atoms with Crippen LogP contribution in [0.5, 0.6) is 0 Å². The van der Waals surface area contributed by atoms with Crippen LogP contribution in [0.25, 0.3) is 0 Å². The van der Waals surface area contributed by atoms with Crippen molar-refractivity contribution in [1.82, 2.24) is 14.7 Å². The van der Waals surface area contributed by atoms with Gasteiger partial charge in [0.25, 0.3) is 0 Å². The maximum Gasteiger partial charge on any atom is 0.147 e. The van der Waals surface area contributed by atoms with Crippen molar-refractivity contribution in [2.45, 2.75) is 66.3 Å². The summed E-state index contributed by atoms with van der Waals surface area (Å²) >= 11 is 1.55. The first-order chi connectivity index (χ1) is 8.14. The van der Waals surface area contributed by atoms with Crippen molar-refractivity contribution in [1.29, 1.82) is 0 Å². The van der Waals surface area contributed by atoms with Gasteiger partial charge in [-0.05, 0) is 23.5 Å². The molecule has 0 aliphatic carbocycles. The van der Waals surface area contributed by atoms with Crippen molar-refractivity contribution in [3.05, 3.63) is 10.8 Å². The maximum absolute atomic E-state index is 4.68. The largest absolute Gasteiger partial charge is 0.313 e. The minimum absolute atomic E-state index is 0.0458. The SMILES string of the molecule is CCNC(Cc1nc(C(C)(C)C)ns1)C(C)(C)C. The first-order valence-electron chi connectivity index (χ1n) is 6.71. The zero-order valence-electron chi connectivity index (χ0n) is 12.8. The Morgan fingerprint density at radius 3 is 2.17 bits per heavy atom. The first-order valence-corrected chi connectivity index (χ1v) is 7.48. The predicted molar refractivity (Wildman–Crippen MR) is 79.2 cm³/mol. The molecule has 0 saturated carbocycles. The van der Waals surface area contributed by atoms with Crippen LogP contribution in [0.15, 0.2) is 0 Å². The van der Waals surface area contributed by atoms with Gasteiger partial charge in [-0.1, -0.05) is 48.5 Å². The van der Waals surface area contributed by atoms with E-state index >= 15 is 0 Å². The molecule has 1 N–H and O–H groups in total. The van der Waals surface area contributed by atoms with Crippen LogP contribution in [0.1, 0.15) is 59.3 Å². The third-order valence-electron chi connectivity index (χ3n) is 3.01. The number of hydrogen-bond acceptors (Lipinski definition) is 4. The van der Waals surface area contributed by atoms with E-state index in [-0.39, 0.29) is 10.8 Å². The van der Waals surface area contributed by atoms with E-state index in [2.05, 4.69) is 63.1 Å². The summed E-state index contributed by atoms with van der Waals surface area (Å²) in [7, 11) is 0. The van der Waals surface area contributed by atoms with E-state index < -0.39 is 0 Å². The number of aromatic nitrogens is 2. The molecule has 4 heteroatoms. The molecule has 1 rings (SSSR count). The van der Waals surface area contributed by atoms with Crippen molar-refractivity contribution >= 4 is 11.5 Å². The fourth-order valence-electron chi connectivity index (χ4n) is 1.75. The summed E-state index contributed by atoms with van der Waals surface area (Å²) in [6.45, 7) is 16.4. The van der Waals surface area contributed by atoms with Crippen LogP contribution in [-0.2, 0) is 11.8 Å². The maximum atomic E-state index is 4.68. The summed E-state index contributed by atoms with van der Waals surface area (Å²) in [5, 5.41) is 4.70. The Labute approximate surface area is 116 Å². The van der Waals surface area contributed by atoms with Gasteiger partial charge in [-0.25, -0.2) is 4.98 Å². The molecule has 104 valence electrons. The molecule has 3 nitrogen and oxygen atoms in total. The van der Waals surface area contributed by atoms with E-state index in [1.165, 1.54) is 0 Å². The standard InChI is InChI=1S/C14H27N3S/c1-8-15-10(13(2,3)4)9-11-16-12(17-18-11)14(5,6)7/h10,15H,8-9H2,1-7H3. The van der Waals surface area contributed by atoms with Crippen molar-refractivity contribution in [3.8, 4) is 0 Å². The predicted octanol–water partition coefficient (Wildman–Crippen LogP) is 3.40. The van der Waals surface area contributed by atoms with Gasteiger partial charge in [0.05, 0.1) is 0 Å². The van der Waals surface area contributed by atoms with Crippen LogP contribution in [-0.4, -0.2) is 21.9 Å². The Morgan fingerprint density at radius 2 is 1.78 bits per heavy atom. The summed E-state index contributed by atoms with van der Waals surface area (Å²) in [6, 6.07) is 0.447. The Balaban J connectivity index is 2.79. The second-order valence-electron chi connectivity index (χ2n) is 6.94. The molecule has 18 heavy (non-hydrogen) atoms. The van der Waals surface area contributed by atoms with E-state index in [0.29, 0.717) is 6.04 Å². The molecule has 0 aromatic carbocycles. The highest BCUT2D eigenvalue weighted by Crippen LogP contribution is 2.25. The molecule has 0 aliphatic heterocycles. The van der Waals surface area contributed by atoms with Gasteiger partial charge in [0, 0.05) is 17.9 Å². The summed E-state index contributed by atoms with van der Waals surface area (Å²) in [4.78, 5) is 4.68. The Bertz CT molecular complexity index is 371. The molecule has 0 fully saturated rings. The van der Waals surface area contributed by atoms with Gasteiger partial charge in [-0.2, -0.15) is 4.37 Å². The van der Waals surface area contributed by atoms with Crippen LogP contribution < -0.4 is 5.32 Å². The number of nitrogens with zero attached hydrogens (tertiary/aromatic N) is 2. The highest BCUT2D eigenvalue weighted by molar-refractivity contribution is 7.05. The van der Waals surface area contributed by atoms with E-state index in [1.807, 2.05) is 0 Å². The van der Waals surface area contributed by atoms with E-state index in [1.54, 1.807) is 11.5 Å². The van der Waals surface area contributed by atoms with Crippen molar-refractivity contribution in [2.75, 3.05) is 6.54 Å². The highest BCUT2D eigenvalue weighted by Gasteiger charge is 2.26. The number of nitrogens with one attached hydrogen (secondary N) is 1. The monoisotopic (exact) mass is 269 g/mol. The fourth-order valence-corrected chi connectivity index (χ4v) is 2.62. The number of likely N-dealkylation sites (N-methyl/N-ethyl adjacent to an activating group) is 1. The fraction of sp³-hybridized carbons (Fsp3) is 0.857. The summed E-state index contributed by atoms with van der Waals surface area (Å²) in [5.41, 5.74) is 0.285. The lowest BCUT2D eigenvalue weighted by Gasteiger charge is -2.30. The highest BCUT2D eigenvalue weighted by atomic mass is 32.1. The lowest BCUT2D eigenvalue weighted by Crippen LogP contribution is -2.41. The zero-order valence-corrected chi connectivity index (χ0v) is 13.6. The lowest BCUT2D eigenvalue weighted by molar-refractivity contribution is 0.269. The lowest BCUT2D eigenvalue weighted by atomic mass is 9.85. The van der Waals surface area contributed by atoms with Crippen LogP contribution in [0.2, 0.25) is 0 Å². The number of hydrogen-bond donors (Lipinski definition) is 1. The normalized spacial score (nSPS) is 14.8. The smallest absolute Gasteiger partial charge is 0.147 e. The van der Waals surface area contributed by atoms with Gasteiger partial charge < -0.3 is 5.32 Å². The van der Waals surface area contributed by atoms with E-state index in [4.69, 9.17) is 0 Å². The first kappa shape index (κ1) is 15.6. The molecule has 0 amide bonds. The van der Waals surface area contributed by atoms with Crippen LogP contribution in [0.3, 0.4) is 0 Å². The molecule has 0 radical (unpaired) electrons. The van der Waals surface area contributed by atoms with Gasteiger partial charge >= 0.3 is 0 Å². The second kappa shape index (κ2) is 5.66. The van der Waals surface area contributed by atoms with Gasteiger partial charge in [-0.3, -0.25) is 0 Å². The van der Waals surface area contributed by atoms with Crippen LogP contribution in [0, 0.1) is 5.41 Å². The summed E-state index contributed by atoms with van der Waals surface area (Å²) in [6.07, 6.45) is 0.963. The molecule has 1 heterocycles. The third-order valence-corrected chi connectivity index (χ3v) is 3.75. The average molecular weight is 269 g/mol. The van der Waals surface area contributed by atoms with Crippen LogP contribution >= 0.6 is 11.5 Å². The zero-order chi connectivity index (χ0) is 14.0. The van der Waals surface area contributed by atoms with Crippen LogP contribution in [0.4, 0.5) is 0 Å². The van der Waals surface area contributed by atoms with Crippen molar-refractivity contribution in [2.24, 2.45) is 5.41 Å². The quantitative estimate of drug-likeness (QED) is 0.910. The molecule has 1 atom stereocenters. The molecule has 0 spiro atoms. The van der Waals surface area contributed by atoms with E-state index in [0.717, 1.165) is 23.8 Å². The van der Waals surface area contributed by atoms with Gasteiger partial charge in [-0.15, -0.1) is 0 Å². The number of rotatable bonds is 4. The minimum Gasteiger partial charge on any atom is -0.313 e. The van der Waals surface area contributed by atoms with Gasteiger partial charge in [0.1, 0.15) is 10.8 Å². The molecule has 0 saturated heterocycles. The molecular formula is C14H27N3S. The Kier molecular flexibility index (Phi) is 4.90. The summed E-state index contributed by atoms with van der Waals surface area (Å²) < 4.78 is 4.49. The minimum atomic E-state index is 0.0458.